The quantitative estimate of drug-likeness (QED) is 0.353. The summed E-state index contributed by atoms with van der Waals surface area (Å²) < 4.78 is 24.3. The predicted octanol–water partition coefficient (Wildman–Crippen LogP) is 5.81. The van der Waals surface area contributed by atoms with Crippen LogP contribution in [0.5, 0.6) is 11.5 Å². The first kappa shape index (κ1) is 22.6. The molecule has 7 heteroatoms. The molecule has 2 aromatic rings. The van der Waals surface area contributed by atoms with Gasteiger partial charge in [0.2, 0.25) is 0 Å². The van der Waals surface area contributed by atoms with Crippen LogP contribution in [-0.4, -0.2) is 30.3 Å². The molecule has 31 heavy (non-hydrogen) atoms. The number of ether oxygens (including phenoxy) is 4. The maximum Gasteiger partial charge on any atom is 0.302 e. The molecule has 1 saturated heterocycles. The smallest absolute Gasteiger partial charge is 0.302 e. The van der Waals surface area contributed by atoms with Gasteiger partial charge in [-0.15, -0.1) is 0 Å². The first-order valence-corrected chi connectivity index (χ1v) is 12.2. The Morgan fingerprint density at radius 1 is 1.06 bits per heavy atom. The molecule has 2 aliphatic heterocycles. The van der Waals surface area contributed by atoms with Crippen LogP contribution in [0.25, 0.3) is 0 Å². The second kappa shape index (κ2) is 9.51. The van der Waals surface area contributed by atoms with E-state index >= 15 is 0 Å². The van der Waals surface area contributed by atoms with E-state index in [4.69, 9.17) is 18.9 Å². The molecule has 0 radical (unpaired) electrons. The highest BCUT2D eigenvalue weighted by Crippen LogP contribution is 2.43. The lowest BCUT2D eigenvalue weighted by Crippen LogP contribution is -2.45. The van der Waals surface area contributed by atoms with Gasteiger partial charge in [-0.3, -0.25) is 4.79 Å². The Kier molecular flexibility index (Phi) is 6.94. The zero-order chi connectivity index (χ0) is 22.1. The topological polar surface area (TPSA) is 54.0 Å². The highest BCUT2D eigenvalue weighted by atomic mass is 79.9. The van der Waals surface area contributed by atoms with Gasteiger partial charge in [0.05, 0.1) is 6.10 Å². The Balaban J connectivity index is 1.59. The third kappa shape index (κ3) is 4.94. The SMILES string of the molecule is CC(=O)O[C@@H]1[C@@H](C)[C@H](c2ccc(Br)c(Cc3ccc4c(c3)OCCO4)c2)OC(Br)[C@H]1C. The summed E-state index contributed by atoms with van der Waals surface area (Å²) in [5, 5.41) is -0.192. The summed E-state index contributed by atoms with van der Waals surface area (Å²) in [4.78, 5) is 11.7. The first-order chi connectivity index (χ1) is 14.8. The van der Waals surface area contributed by atoms with Crippen LogP contribution in [0.15, 0.2) is 40.9 Å². The van der Waals surface area contributed by atoms with Crippen molar-refractivity contribution in [2.45, 2.75) is 44.4 Å². The molecule has 5 nitrogen and oxygen atoms in total. The molecule has 0 N–H and O–H groups in total. The summed E-state index contributed by atoms with van der Waals surface area (Å²) in [5.41, 5.74) is 3.36. The van der Waals surface area contributed by atoms with E-state index in [0.29, 0.717) is 13.2 Å². The largest absolute Gasteiger partial charge is 0.486 e. The van der Waals surface area contributed by atoms with Crippen LogP contribution in [0.1, 0.15) is 43.6 Å². The van der Waals surface area contributed by atoms with Crippen molar-refractivity contribution in [1.29, 1.82) is 0 Å². The number of alkyl halides is 1. The Morgan fingerprint density at radius 2 is 1.81 bits per heavy atom. The van der Waals surface area contributed by atoms with Gasteiger partial charge < -0.3 is 18.9 Å². The molecule has 0 saturated carbocycles. The Bertz CT molecular complexity index is 963. The van der Waals surface area contributed by atoms with E-state index in [0.717, 1.165) is 39.1 Å². The maximum absolute atomic E-state index is 11.7. The van der Waals surface area contributed by atoms with E-state index in [9.17, 15) is 4.79 Å². The third-order valence-corrected chi connectivity index (χ3v) is 7.73. The van der Waals surface area contributed by atoms with E-state index in [1.54, 1.807) is 0 Å². The standard InChI is InChI=1S/C24H26Br2O5/c1-13-22(30-15(3)27)14(2)24(26)31-23(13)17-5-6-19(25)18(12-17)10-16-4-7-20-21(11-16)29-9-8-28-20/h4-7,11-14,22-24H,8-10H2,1-3H3/t13-,14+,22-,23-,24?/m1/s1. The molecule has 0 spiro atoms. The van der Waals surface area contributed by atoms with Crippen LogP contribution < -0.4 is 9.47 Å². The van der Waals surface area contributed by atoms with Crippen molar-refractivity contribution in [3.63, 3.8) is 0 Å². The molecular weight excluding hydrogens is 528 g/mol. The summed E-state index contributed by atoms with van der Waals surface area (Å²) in [5.74, 6) is 1.40. The first-order valence-electron chi connectivity index (χ1n) is 10.5. The van der Waals surface area contributed by atoms with Gasteiger partial charge in [0.15, 0.2) is 11.5 Å². The molecule has 1 unspecified atom stereocenters. The molecule has 166 valence electrons. The molecule has 0 aliphatic carbocycles. The minimum atomic E-state index is -0.265. The number of hydrogen-bond acceptors (Lipinski definition) is 5. The van der Waals surface area contributed by atoms with Gasteiger partial charge in [0.1, 0.15) is 24.3 Å². The van der Waals surface area contributed by atoms with Crippen molar-refractivity contribution < 1.29 is 23.7 Å². The molecule has 4 rings (SSSR count). The van der Waals surface area contributed by atoms with Gasteiger partial charge in [-0.05, 0) is 41.3 Å². The minimum Gasteiger partial charge on any atom is -0.486 e. The van der Waals surface area contributed by atoms with Crippen molar-refractivity contribution in [1.82, 2.24) is 0 Å². The number of rotatable bonds is 4. The normalized spacial score (nSPS) is 27.6. The Morgan fingerprint density at radius 3 is 2.55 bits per heavy atom. The van der Waals surface area contributed by atoms with Crippen LogP contribution >= 0.6 is 31.9 Å². The monoisotopic (exact) mass is 552 g/mol. The van der Waals surface area contributed by atoms with Crippen molar-refractivity contribution in [2.75, 3.05) is 13.2 Å². The summed E-state index contributed by atoms with van der Waals surface area (Å²) in [6, 6.07) is 12.4. The van der Waals surface area contributed by atoms with Crippen molar-refractivity contribution in [3.05, 3.63) is 57.6 Å². The fourth-order valence-electron chi connectivity index (χ4n) is 4.30. The minimum absolute atomic E-state index is 0.0241. The van der Waals surface area contributed by atoms with Crippen LogP contribution in [0.2, 0.25) is 0 Å². The van der Waals surface area contributed by atoms with Crippen LogP contribution in [0.4, 0.5) is 0 Å². The zero-order valence-corrected chi connectivity index (χ0v) is 20.9. The molecule has 0 bridgehead atoms. The average Bonchev–Trinajstić information content (AvgIpc) is 2.75. The molecule has 0 aromatic heterocycles. The molecule has 1 fully saturated rings. The maximum atomic E-state index is 11.7. The number of halogens is 2. The van der Waals surface area contributed by atoms with E-state index in [1.807, 2.05) is 19.1 Å². The Hall–Kier alpha value is -1.57. The van der Waals surface area contributed by atoms with E-state index in [1.165, 1.54) is 6.92 Å². The highest BCUT2D eigenvalue weighted by molar-refractivity contribution is 9.10. The number of carbonyl (C=O) groups excluding carboxylic acids is 1. The highest BCUT2D eigenvalue weighted by Gasteiger charge is 2.43. The molecule has 2 heterocycles. The molecule has 2 aromatic carbocycles. The van der Waals surface area contributed by atoms with E-state index in [-0.39, 0.29) is 35.0 Å². The lowest BCUT2D eigenvalue weighted by atomic mass is 9.83. The van der Waals surface area contributed by atoms with Crippen LogP contribution in [-0.2, 0) is 20.7 Å². The van der Waals surface area contributed by atoms with Gasteiger partial charge >= 0.3 is 5.97 Å². The van der Waals surface area contributed by atoms with Crippen molar-refractivity contribution in [3.8, 4) is 11.5 Å². The van der Waals surface area contributed by atoms with Gasteiger partial charge in [0.25, 0.3) is 0 Å². The van der Waals surface area contributed by atoms with Crippen molar-refractivity contribution >= 4 is 37.8 Å². The number of benzene rings is 2. The van der Waals surface area contributed by atoms with E-state index < -0.39 is 0 Å². The molecule has 2 aliphatic rings. The fourth-order valence-corrected chi connectivity index (χ4v) is 5.22. The average molecular weight is 554 g/mol. The number of hydrogen-bond donors (Lipinski definition) is 0. The molecule has 5 atom stereocenters. The number of fused-ring (bicyclic) bond motifs is 1. The second-order valence-electron chi connectivity index (χ2n) is 8.21. The number of carbonyl (C=O) groups is 1. The second-order valence-corrected chi connectivity index (χ2v) is 9.96. The van der Waals surface area contributed by atoms with E-state index in [2.05, 4.69) is 63.0 Å². The van der Waals surface area contributed by atoms with Gasteiger partial charge in [-0.25, -0.2) is 0 Å². The lowest BCUT2D eigenvalue weighted by molar-refractivity contribution is -0.175. The predicted molar refractivity (Wildman–Crippen MR) is 125 cm³/mol. The van der Waals surface area contributed by atoms with Crippen LogP contribution in [0, 0.1) is 11.8 Å². The van der Waals surface area contributed by atoms with Crippen molar-refractivity contribution in [2.24, 2.45) is 11.8 Å². The summed E-state index contributed by atoms with van der Waals surface area (Å²) in [6.07, 6.45) is 0.343. The lowest BCUT2D eigenvalue weighted by Gasteiger charge is -2.42. The van der Waals surface area contributed by atoms with Crippen LogP contribution in [0.3, 0.4) is 0 Å². The molecular formula is C24H26Br2O5. The third-order valence-electron chi connectivity index (χ3n) is 5.91. The van der Waals surface area contributed by atoms with Gasteiger partial charge in [-0.2, -0.15) is 0 Å². The summed E-state index contributed by atoms with van der Waals surface area (Å²) >= 11 is 7.32. The zero-order valence-electron chi connectivity index (χ0n) is 17.8. The summed E-state index contributed by atoms with van der Waals surface area (Å²) in [7, 11) is 0. The Labute approximate surface area is 199 Å². The molecule has 0 amide bonds. The summed E-state index contributed by atoms with van der Waals surface area (Å²) in [6.45, 7) is 6.73. The number of esters is 1. The van der Waals surface area contributed by atoms with Gasteiger partial charge in [0, 0.05) is 23.2 Å². The fraction of sp³-hybridized carbons (Fsp3) is 0.458. The van der Waals surface area contributed by atoms with Gasteiger partial charge in [-0.1, -0.05) is 63.9 Å².